The van der Waals surface area contributed by atoms with Crippen LogP contribution >= 0.6 is 0 Å². The van der Waals surface area contributed by atoms with Crippen molar-refractivity contribution in [1.82, 2.24) is 0 Å². The lowest BCUT2D eigenvalue weighted by molar-refractivity contribution is -0.168. The minimum absolute atomic E-state index is 0.385. The van der Waals surface area contributed by atoms with Gasteiger partial charge in [0.1, 0.15) is 19.8 Å². The molecule has 0 aliphatic carbocycles. The molecule has 0 bridgehead atoms. The summed E-state index contributed by atoms with van der Waals surface area (Å²) in [5, 5.41) is 11.5. The van der Waals surface area contributed by atoms with Crippen molar-refractivity contribution >= 4 is 13.5 Å². The van der Waals surface area contributed by atoms with Crippen molar-refractivity contribution in [2.75, 3.05) is 0 Å². The summed E-state index contributed by atoms with van der Waals surface area (Å²) < 4.78 is 18.2. The SMILES string of the molecule is CCC(O)[C@H]1OC(C)(C)O[C@@]1(CC)c1coc([Si](C)(C)C)c1. The van der Waals surface area contributed by atoms with Crippen LogP contribution in [0.2, 0.25) is 19.6 Å². The van der Waals surface area contributed by atoms with Gasteiger partial charge in [0.15, 0.2) is 5.79 Å². The second-order valence-electron chi connectivity index (χ2n) is 7.71. The highest BCUT2D eigenvalue weighted by atomic mass is 28.3. The Bertz CT molecular complexity index is 517. The maximum Gasteiger partial charge on any atom is 0.164 e. The average Bonchev–Trinajstić information content (AvgIpc) is 3.00. The zero-order chi connectivity index (χ0) is 16.8. The third-order valence-corrected chi connectivity index (χ3v) is 6.16. The lowest BCUT2D eigenvalue weighted by Gasteiger charge is -2.33. The topological polar surface area (TPSA) is 51.8 Å². The summed E-state index contributed by atoms with van der Waals surface area (Å²) in [5.74, 6) is -0.715. The number of furan rings is 1. The molecule has 126 valence electrons. The molecule has 4 nitrogen and oxygen atoms in total. The summed E-state index contributed by atoms with van der Waals surface area (Å²) >= 11 is 0. The lowest BCUT2D eigenvalue weighted by Crippen LogP contribution is -2.44. The van der Waals surface area contributed by atoms with Gasteiger partial charge < -0.3 is 19.0 Å². The molecule has 22 heavy (non-hydrogen) atoms. The minimum atomic E-state index is -1.53. The molecule has 1 unspecified atom stereocenters. The van der Waals surface area contributed by atoms with Crippen LogP contribution in [0.3, 0.4) is 0 Å². The molecular formula is C17H30O4Si. The smallest absolute Gasteiger partial charge is 0.164 e. The summed E-state index contributed by atoms with van der Waals surface area (Å²) in [6.45, 7) is 14.6. The summed E-state index contributed by atoms with van der Waals surface area (Å²) in [7, 11) is -1.53. The van der Waals surface area contributed by atoms with Gasteiger partial charge >= 0.3 is 0 Å². The van der Waals surface area contributed by atoms with Crippen molar-refractivity contribution in [1.29, 1.82) is 0 Å². The van der Waals surface area contributed by atoms with Gasteiger partial charge in [-0.25, -0.2) is 0 Å². The Balaban J connectivity index is 2.48. The van der Waals surface area contributed by atoms with Gasteiger partial charge in [0.25, 0.3) is 0 Å². The number of hydrogen-bond donors (Lipinski definition) is 1. The van der Waals surface area contributed by atoms with Gasteiger partial charge in [-0.05, 0) is 32.8 Å². The molecule has 0 saturated carbocycles. The fourth-order valence-corrected chi connectivity index (χ4v) is 4.18. The summed E-state index contributed by atoms with van der Waals surface area (Å²) in [5.41, 5.74) is 0.329. The van der Waals surface area contributed by atoms with Crippen LogP contribution in [0.5, 0.6) is 0 Å². The Kier molecular flexibility index (Phi) is 4.66. The van der Waals surface area contributed by atoms with E-state index in [-0.39, 0.29) is 6.10 Å². The Morgan fingerprint density at radius 3 is 2.36 bits per heavy atom. The monoisotopic (exact) mass is 326 g/mol. The van der Waals surface area contributed by atoms with Crippen molar-refractivity contribution in [3.05, 3.63) is 17.9 Å². The number of hydrogen-bond acceptors (Lipinski definition) is 4. The van der Waals surface area contributed by atoms with E-state index in [0.29, 0.717) is 6.42 Å². The van der Waals surface area contributed by atoms with E-state index in [1.54, 1.807) is 6.26 Å². The van der Waals surface area contributed by atoms with Crippen LogP contribution in [-0.4, -0.2) is 31.2 Å². The molecule has 3 atom stereocenters. The summed E-state index contributed by atoms with van der Waals surface area (Å²) in [6, 6.07) is 2.11. The van der Waals surface area contributed by atoms with Crippen molar-refractivity contribution in [3.8, 4) is 0 Å². The zero-order valence-electron chi connectivity index (χ0n) is 14.9. The van der Waals surface area contributed by atoms with Gasteiger partial charge in [-0.15, -0.1) is 0 Å². The van der Waals surface area contributed by atoms with E-state index in [2.05, 4.69) is 32.6 Å². The maximum absolute atomic E-state index is 10.5. The number of ether oxygens (including phenoxy) is 2. The summed E-state index contributed by atoms with van der Waals surface area (Å²) in [6.07, 6.45) is 2.20. The molecule has 0 aromatic carbocycles. The summed E-state index contributed by atoms with van der Waals surface area (Å²) in [4.78, 5) is 0. The predicted molar refractivity (Wildman–Crippen MR) is 90.0 cm³/mol. The third-order valence-electron chi connectivity index (χ3n) is 4.42. The molecule has 1 saturated heterocycles. The fourth-order valence-electron chi connectivity index (χ4n) is 3.18. The number of rotatable bonds is 5. The van der Waals surface area contributed by atoms with Crippen LogP contribution in [-0.2, 0) is 15.1 Å². The van der Waals surface area contributed by atoms with E-state index in [1.165, 1.54) is 0 Å². The van der Waals surface area contributed by atoms with Gasteiger partial charge in [0.05, 0.1) is 17.8 Å². The van der Waals surface area contributed by atoms with E-state index < -0.39 is 25.6 Å². The molecule has 0 radical (unpaired) electrons. The van der Waals surface area contributed by atoms with Gasteiger partial charge in [0.2, 0.25) is 0 Å². The first kappa shape index (κ1) is 17.7. The average molecular weight is 327 g/mol. The molecule has 1 fully saturated rings. The fraction of sp³-hybridized carbons (Fsp3) is 0.765. The molecule has 0 spiro atoms. The molecule has 0 amide bonds. The van der Waals surface area contributed by atoms with Crippen molar-refractivity contribution in [2.45, 2.75) is 83.8 Å². The van der Waals surface area contributed by atoms with Crippen LogP contribution < -0.4 is 5.38 Å². The quantitative estimate of drug-likeness (QED) is 0.843. The van der Waals surface area contributed by atoms with Gasteiger partial charge in [0, 0.05) is 5.56 Å². The first-order valence-electron chi connectivity index (χ1n) is 8.21. The highest BCUT2D eigenvalue weighted by Gasteiger charge is 2.56. The van der Waals surface area contributed by atoms with E-state index in [1.807, 2.05) is 20.8 Å². The molecule has 2 heterocycles. The Morgan fingerprint density at radius 1 is 1.27 bits per heavy atom. The van der Waals surface area contributed by atoms with Crippen molar-refractivity contribution < 1.29 is 19.0 Å². The van der Waals surface area contributed by atoms with Crippen LogP contribution in [0.4, 0.5) is 0 Å². The second-order valence-corrected chi connectivity index (χ2v) is 12.7. The Morgan fingerprint density at radius 2 is 1.91 bits per heavy atom. The zero-order valence-corrected chi connectivity index (χ0v) is 15.9. The molecule has 1 N–H and O–H groups in total. The second kappa shape index (κ2) is 5.78. The van der Waals surface area contributed by atoms with Crippen LogP contribution in [0.1, 0.15) is 46.1 Å². The standard InChI is InChI=1S/C17H30O4Si/c1-8-13(18)15-17(9-2,21-16(3,4)20-15)12-10-14(19-11-12)22(5,6)7/h10-11,13,15,18H,8-9H2,1-7H3/t13?,15-,17+/m1/s1. The highest BCUT2D eigenvalue weighted by molar-refractivity contribution is 6.87. The van der Waals surface area contributed by atoms with E-state index in [9.17, 15) is 5.11 Å². The molecule has 1 aliphatic heterocycles. The van der Waals surface area contributed by atoms with Crippen molar-refractivity contribution in [2.24, 2.45) is 0 Å². The maximum atomic E-state index is 10.5. The molecule has 1 aliphatic rings. The number of aliphatic hydroxyl groups is 1. The Labute approximate surface area is 134 Å². The van der Waals surface area contributed by atoms with Crippen LogP contribution in [0.25, 0.3) is 0 Å². The molecular weight excluding hydrogens is 296 g/mol. The normalized spacial score (nSPS) is 29.7. The van der Waals surface area contributed by atoms with E-state index in [0.717, 1.165) is 17.4 Å². The van der Waals surface area contributed by atoms with Gasteiger partial charge in [-0.2, -0.15) is 0 Å². The predicted octanol–water partition coefficient (Wildman–Crippen LogP) is 3.35. The molecule has 1 aromatic heterocycles. The van der Waals surface area contributed by atoms with E-state index in [4.69, 9.17) is 13.9 Å². The van der Waals surface area contributed by atoms with Crippen LogP contribution in [0.15, 0.2) is 16.7 Å². The lowest BCUT2D eigenvalue weighted by atomic mass is 9.84. The molecule has 5 heteroatoms. The molecule has 1 aromatic rings. The first-order valence-corrected chi connectivity index (χ1v) is 11.7. The van der Waals surface area contributed by atoms with E-state index >= 15 is 0 Å². The largest absolute Gasteiger partial charge is 0.474 e. The Hall–Kier alpha value is -0.623. The highest BCUT2D eigenvalue weighted by Crippen LogP contribution is 2.47. The van der Waals surface area contributed by atoms with Crippen molar-refractivity contribution in [3.63, 3.8) is 0 Å². The number of aliphatic hydroxyl groups excluding tert-OH is 1. The third kappa shape index (κ3) is 3.04. The van der Waals surface area contributed by atoms with Gasteiger partial charge in [-0.1, -0.05) is 33.5 Å². The van der Waals surface area contributed by atoms with Gasteiger partial charge in [-0.3, -0.25) is 0 Å². The van der Waals surface area contributed by atoms with Crippen LogP contribution in [0, 0.1) is 0 Å². The minimum Gasteiger partial charge on any atom is -0.474 e. The molecule has 2 rings (SSSR count). The first-order chi connectivity index (χ1) is 10.1.